The molecule has 1 rings (SSSR count). The highest BCUT2D eigenvalue weighted by atomic mass is 32.2. The molecule has 112 valence electrons. The summed E-state index contributed by atoms with van der Waals surface area (Å²) in [5.74, 6) is 0.583. The first kappa shape index (κ1) is 16.4. The fourth-order valence-corrected chi connectivity index (χ4v) is 1.66. The zero-order valence-electron chi connectivity index (χ0n) is 11.4. The van der Waals surface area contributed by atoms with E-state index < -0.39 is 10.0 Å². The first-order chi connectivity index (χ1) is 9.32. The molecule has 1 amide bonds. The summed E-state index contributed by atoms with van der Waals surface area (Å²) >= 11 is 0. The molecule has 1 aromatic heterocycles. The number of amides is 1. The van der Waals surface area contributed by atoms with E-state index >= 15 is 0 Å². The molecule has 0 bridgehead atoms. The van der Waals surface area contributed by atoms with Crippen LogP contribution in [0.15, 0.2) is 22.6 Å². The second-order valence-electron chi connectivity index (χ2n) is 4.17. The Labute approximate surface area is 117 Å². The molecule has 0 spiro atoms. The highest BCUT2D eigenvalue weighted by Gasteiger charge is 2.13. The van der Waals surface area contributed by atoms with Gasteiger partial charge in [-0.3, -0.25) is 4.79 Å². The monoisotopic (exact) mass is 302 g/mol. The topological polar surface area (TPSA) is 99.8 Å². The van der Waals surface area contributed by atoms with Gasteiger partial charge in [-0.05, 0) is 18.2 Å². The van der Waals surface area contributed by atoms with Crippen molar-refractivity contribution in [3.8, 4) is 0 Å². The summed E-state index contributed by atoms with van der Waals surface area (Å²) in [5.41, 5.74) is 0. The Kier molecular flexibility index (Phi) is 5.93. The van der Waals surface area contributed by atoms with Crippen LogP contribution < -0.4 is 5.32 Å². The Bertz CT molecular complexity index is 576. The highest BCUT2D eigenvalue weighted by Crippen LogP contribution is 2.12. The average Bonchev–Trinajstić information content (AvgIpc) is 2.80. The smallest absolute Gasteiger partial charge is 0.244 e. The molecule has 0 aliphatic carbocycles. The van der Waals surface area contributed by atoms with Crippen LogP contribution in [0.1, 0.15) is 11.5 Å². The molecule has 0 fully saturated rings. The SMILES string of the molecule is CN(Cc1ccc(/C=C/C(=O)NCCO)o1)S(C)(=O)=O. The minimum Gasteiger partial charge on any atom is -0.460 e. The number of aliphatic hydroxyl groups excluding tert-OH is 1. The fourth-order valence-electron chi connectivity index (χ4n) is 1.30. The molecule has 0 radical (unpaired) electrons. The molecule has 20 heavy (non-hydrogen) atoms. The first-order valence-corrected chi connectivity index (χ1v) is 7.74. The second-order valence-corrected chi connectivity index (χ2v) is 6.26. The van der Waals surface area contributed by atoms with Crippen LogP contribution in [0, 0.1) is 0 Å². The summed E-state index contributed by atoms with van der Waals surface area (Å²) in [6.07, 6.45) is 3.86. The van der Waals surface area contributed by atoms with E-state index in [-0.39, 0.29) is 25.6 Å². The largest absolute Gasteiger partial charge is 0.460 e. The lowest BCUT2D eigenvalue weighted by molar-refractivity contribution is -0.116. The molecular formula is C12H18N2O5S. The molecule has 0 atom stereocenters. The first-order valence-electron chi connectivity index (χ1n) is 5.89. The molecule has 2 N–H and O–H groups in total. The summed E-state index contributed by atoms with van der Waals surface area (Å²) in [6.45, 7) is 0.192. The summed E-state index contributed by atoms with van der Waals surface area (Å²) in [6, 6.07) is 3.29. The molecule has 1 aromatic rings. The van der Waals surface area contributed by atoms with Gasteiger partial charge in [-0.25, -0.2) is 8.42 Å². The maximum Gasteiger partial charge on any atom is 0.244 e. The minimum atomic E-state index is -3.26. The number of nitrogens with one attached hydrogen (secondary N) is 1. The molecule has 8 heteroatoms. The van der Waals surface area contributed by atoms with Gasteiger partial charge in [-0.2, -0.15) is 4.31 Å². The van der Waals surface area contributed by atoms with Crippen molar-refractivity contribution in [3.05, 3.63) is 29.7 Å². The molecule has 0 aliphatic heterocycles. The predicted molar refractivity (Wildman–Crippen MR) is 74.1 cm³/mol. The van der Waals surface area contributed by atoms with Gasteiger partial charge in [0.2, 0.25) is 15.9 Å². The third kappa shape index (κ3) is 5.55. The van der Waals surface area contributed by atoms with E-state index in [1.165, 1.54) is 19.2 Å². The van der Waals surface area contributed by atoms with Gasteiger partial charge in [-0.1, -0.05) is 0 Å². The van der Waals surface area contributed by atoms with Crippen LogP contribution in [0.5, 0.6) is 0 Å². The van der Waals surface area contributed by atoms with E-state index in [1.54, 1.807) is 12.1 Å². The van der Waals surface area contributed by atoms with E-state index in [2.05, 4.69) is 5.32 Å². The van der Waals surface area contributed by atoms with Gasteiger partial charge in [0.15, 0.2) is 0 Å². The number of hydrogen-bond donors (Lipinski definition) is 2. The number of aliphatic hydroxyl groups is 1. The van der Waals surface area contributed by atoms with Crippen molar-refractivity contribution < 1.29 is 22.7 Å². The van der Waals surface area contributed by atoms with E-state index in [9.17, 15) is 13.2 Å². The quantitative estimate of drug-likeness (QED) is 0.679. The molecule has 7 nitrogen and oxygen atoms in total. The number of rotatable bonds is 7. The van der Waals surface area contributed by atoms with Crippen molar-refractivity contribution in [2.24, 2.45) is 0 Å². The van der Waals surface area contributed by atoms with Crippen molar-refractivity contribution in [3.63, 3.8) is 0 Å². The van der Waals surface area contributed by atoms with Crippen LogP contribution >= 0.6 is 0 Å². The Hall–Kier alpha value is -1.64. The van der Waals surface area contributed by atoms with Crippen molar-refractivity contribution in [2.75, 3.05) is 26.5 Å². The lowest BCUT2D eigenvalue weighted by Crippen LogP contribution is -2.24. The maximum atomic E-state index is 11.3. The molecule has 0 aromatic carbocycles. The number of nitrogens with zero attached hydrogens (tertiary/aromatic N) is 1. The summed E-state index contributed by atoms with van der Waals surface area (Å²) in [7, 11) is -1.81. The number of carbonyl (C=O) groups is 1. The van der Waals surface area contributed by atoms with Crippen molar-refractivity contribution in [2.45, 2.75) is 6.54 Å². The second kappa shape index (κ2) is 7.22. The standard InChI is InChI=1S/C12H18N2O5S/c1-14(20(2,17)18)9-11-4-3-10(19-11)5-6-12(16)13-7-8-15/h3-6,15H,7-9H2,1-2H3,(H,13,16)/b6-5+. The zero-order chi connectivity index (χ0) is 15.2. The van der Waals surface area contributed by atoms with Gasteiger partial charge >= 0.3 is 0 Å². The van der Waals surface area contributed by atoms with Crippen LogP contribution in [-0.4, -0.2) is 50.2 Å². The molecule has 0 saturated carbocycles. The fraction of sp³-hybridized carbons (Fsp3) is 0.417. The number of hydrogen-bond acceptors (Lipinski definition) is 5. The lowest BCUT2D eigenvalue weighted by atomic mass is 10.3. The highest BCUT2D eigenvalue weighted by molar-refractivity contribution is 7.88. The summed E-state index contributed by atoms with van der Waals surface area (Å²) < 4.78 is 29.1. The predicted octanol–water partition coefficient (Wildman–Crippen LogP) is -0.207. The van der Waals surface area contributed by atoms with Crippen molar-refractivity contribution in [1.82, 2.24) is 9.62 Å². The van der Waals surface area contributed by atoms with Crippen LogP contribution in [0.4, 0.5) is 0 Å². The zero-order valence-corrected chi connectivity index (χ0v) is 12.2. The molecular weight excluding hydrogens is 284 g/mol. The third-order valence-corrected chi connectivity index (χ3v) is 3.70. The third-order valence-electron chi connectivity index (χ3n) is 2.44. The number of furan rings is 1. The van der Waals surface area contributed by atoms with Gasteiger partial charge in [0.1, 0.15) is 11.5 Å². The van der Waals surface area contributed by atoms with E-state index in [1.807, 2.05) is 0 Å². The van der Waals surface area contributed by atoms with E-state index in [4.69, 9.17) is 9.52 Å². The van der Waals surface area contributed by atoms with Gasteiger partial charge < -0.3 is 14.8 Å². The van der Waals surface area contributed by atoms with E-state index in [0.29, 0.717) is 11.5 Å². The van der Waals surface area contributed by atoms with Gasteiger partial charge in [0.25, 0.3) is 0 Å². The number of sulfonamides is 1. The van der Waals surface area contributed by atoms with Crippen LogP contribution in [0.3, 0.4) is 0 Å². The van der Waals surface area contributed by atoms with Crippen molar-refractivity contribution in [1.29, 1.82) is 0 Å². The maximum absolute atomic E-state index is 11.3. The van der Waals surface area contributed by atoms with Crippen molar-refractivity contribution >= 4 is 22.0 Å². The average molecular weight is 302 g/mol. The van der Waals surface area contributed by atoms with Gasteiger partial charge in [0.05, 0.1) is 19.4 Å². The van der Waals surface area contributed by atoms with Crippen LogP contribution in [0.25, 0.3) is 6.08 Å². The van der Waals surface area contributed by atoms with E-state index in [0.717, 1.165) is 10.6 Å². The molecule has 0 aliphatic rings. The molecule has 0 unspecified atom stereocenters. The molecule has 0 saturated heterocycles. The minimum absolute atomic E-state index is 0.123. The Morgan fingerprint density at radius 2 is 2.20 bits per heavy atom. The summed E-state index contributed by atoms with van der Waals surface area (Å²) in [4.78, 5) is 11.3. The van der Waals surface area contributed by atoms with Gasteiger partial charge in [-0.15, -0.1) is 0 Å². The van der Waals surface area contributed by atoms with Gasteiger partial charge in [0, 0.05) is 19.7 Å². The Balaban J connectivity index is 2.60. The van der Waals surface area contributed by atoms with Crippen LogP contribution in [0.2, 0.25) is 0 Å². The Morgan fingerprint density at radius 3 is 2.80 bits per heavy atom. The number of carbonyl (C=O) groups excluding carboxylic acids is 1. The summed E-state index contributed by atoms with van der Waals surface area (Å²) in [5, 5.41) is 11.0. The lowest BCUT2D eigenvalue weighted by Gasteiger charge is -2.11. The van der Waals surface area contributed by atoms with Crippen LogP contribution in [-0.2, 0) is 21.4 Å². The Morgan fingerprint density at radius 1 is 1.50 bits per heavy atom. The normalized spacial score (nSPS) is 12.2. The molecule has 1 heterocycles.